The van der Waals surface area contributed by atoms with Gasteiger partial charge in [-0.2, -0.15) is 10.4 Å². The first-order valence-corrected chi connectivity index (χ1v) is 9.68. The summed E-state index contributed by atoms with van der Waals surface area (Å²) in [6, 6.07) is 24.9. The molecule has 0 atom stereocenters. The van der Waals surface area contributed by atoms with Crippen molar-refractivity contribution in [1.82, 2.24) is 14.3 Å². The highest BCUT2D eigenvalue weighted by Gasteiger charge is 2.21. The first-order chi connectivity index (χ1) is 14.7. The van der Waals surface area contributed by atoms with E-state index >= 15 is 0 Å². The Morgan fingerprint density at radius 1 is 0.933 bits per heavy atom. The SMILES string of the molecule is N#Cc1c(-c2cnn(-c3ccccc3)c2)n(-c2ccc(O)c(Cl)c2)c2ccccc12. The van der Waals surface area contributed by atoms with Crippen molar-refractivity contribution in [2.45, 2.75) is 0 Å². The number of hydrogen-bond donors (Lipinski definition) is 1. The molecule has 0 saturated heterocycles. The van der Waals surface area contributed by atoms with E-state index in [1.807, 2.05) is 65.4 Å². The van der Waals surface area contributed by atoms with Crippen molar-refractivity contribution >= 4 is 22.5 Å². The van der Waals surface area contributed by atoms with Crippen LogP contribution in [-0.4, -0.2) is 19.5 Å². The van der Waals surface area contributed by atoms with Gasteiger partial charge in [-0.05, 0) is 36.4 Å². The van der Waals surface area contributed by atoms with Gasteiger partial charge in [-0.3, -0.25) is 0 Å². The summed E-state index contributed by atoms with van der Waals surface area (Å²) in [4.78, 5) is 0. The number of phenolic OH excluding ortho intramolecular Hbond substituents is 1. The minimum atomic E-state index is 0.0100. The van der Waals surface area contributed by atoms with Crippen molar-refractivity contribution in [2.75, 3.05) is 0 Å². The lowest BCUT2D eigenvalue weighted by Gasteiger charge is -2.11. The number of para-hydroxylation sites is 2. The third kappa shape index (κ3) is 2.83. The first-order valence-electron chi connectivity index (χ1n) is 9.30. The number of nitrogens with zero attached hydrogens (tertiary/aromatic N) is 4. The van der Waals surface area contributed by atoms with Crippen LogP contribution in [0.1, 0.15) is 5.56 Å². The van der Waals surface area contributed by atoms with Crippen LogP contribution in [0.25, 0.3) is 33.5 Å². The predicted molar refractivity (Wildman–Crippen MR) is 117 cm³/mol. The Morgan fingerprint density at radius 2 is 1.70 bits per heavy atom. The van der Waals surface area contributed by atoms with Crippen LogP contribution >= 0.6 is 11.6 Å². The van der Waals surface area contributed by atoms with Crippen molar-refractivity contribution in [3.63, 3.8) is 0 Å². The molecule has 0 saturated carbocycles. The van der Waals surface area contributed by atoms with E-state index in [2.05, 4.69) is 11.2 Å². The Bertz CT molecular complexity index is 1430. The van der Waals surface area contributed by atoms with Gasteiger partial charge in [-0.15, -0.1) is 0 Å². The number of aromatic nitrogens is 3. The molecule has 0 radical (unpaired) electrons. The third-order valence-corrected chi connectivity index (χ3v) is 5.36. The van der Waals surface area contributed by atoms with E-state index in [1.165, 1.54) is 0 Å². The Morgan fingerprint density at radius 3 is 2.47 bits per heavy atom. The van der Waals surface area contributed by atoms with E-state index in [4.69, 9.17) is 11.6 Å². The molecule has 0 aliphatic carbocycles. The lowest BCUT2D eigenvalue weighted by Crippen LogP contribution is -1.97. The van der Waals surface area contributed by atoms with Crippen molar-refractivity contribution in [3.8, 4) is 34.5 Å². The minimum Gasteiger partial charge on any atom is -0.506 e. The van der Waals surface area contributed by atoms with Crippen molar-refractivity contribution in [1.29, 1.82) is 5.26 Å². The normalized spacial score (nSPS) is 10.9. The number of aromatic hydroxyl groups is 1. The molecule has 0 unspecified atom stereocenters. The highest BCUT2D eigenvalue weighted by atomic mass is 35.5. The van der Waals surface area contributed by atoms with E-state index < -0.39 is 0 Å². The molecule has 2 aromatic heterocycles. The van der Waals surface area contributed by atoms with Gasteiger partial charge in [0.2, 0.25) is 0 Å². The van der Waals surface area contributed by atoms with Crippen LogP contribution in [-0.2, 0) is 0 Å². The van der Waals surface area contributed by atoms with Crippen molar-refractivity contribution in [2.24, 2.45) is 0 Å². The van der Waals surface area contributed by atoms with E-state index in [0.29, 0.717) is 5.56 Å². The molecular formula is C24H15ClN4O. The fourth-order valence-corrected chi connectivity index (χ4v) is 3.87. The molecule has 1 N–H and O–H groups in total. The minimum absolute atomic E-state index is 0.0100. The smallest absolute Gasteiger partial charge is 0.134 e. The number of hydrogen-bond acceptors (Lipinski definition) is 3. The van der Waals surface area contributed by atoms with Gasteiger partial charge in [-0.25, -0.2) is 4.68 Å². The monoisotopic (exact) mass is 410 g/mol. The van der Waals surface area contributed by atoms with Crippen LogP contribution in [0.3, 0.4) is 0 Å². The van der Waals surface area contributed by atoms with E-state index in [9.17, 15) is 10.4 Å². The molecule has 5 rings (SSSR count). The number of fused-ring (bicyclic) bond motifs is 1. The Kier molecular flexibility index (Phi) is 4.27. The molecule has 30 heavy (non-hydrogen) atoms. The van der Waals surface area contributed by atoms with Gasteiger partial charge in [0.15, 0.2) is 0 Å². The highest BCUT2D eigenvalue weighted by molar-refractivity contribution is 6.32. The largest absolute Gasteiger partial charge is 0.506 e. The molecule has 5 aromatic rings. The second-order valence-electron chi connectivity index (χ2n) is 6.83. The molecule has 0 aliphatic rings. The molecule has 0 fully saturated rings. The van der Waals surface area contributed by atoms with Crippen LogP contribution in [0, 0.1) is 11.3 Å². The van der Waals surface area contributed by atoms with Crippen molar-refractivity contribution < 1.29 is 5.11 Å². The standard InChI is InChI=1S/C24H15ClN4O/c25-21-12-18(10-11-23(21)30)29-22-9-5-4-8-19(22)20(13-26)24(29)16-14-27-28(15-16)17-6-2-1-3-7-17/h1-12,14-15,30H. The molecule has 0 amide bonds. The summed E-state index contributed by atoms with van der Waals surface area (Å²) in [5.74, 6) is 0.0100. The van der Waals surface area contributed by atoms with E-state index in [0.717, 1.165) is 33.5 Å². The average Bonchev–Trinajstić information content (AvgIpc) is 3.39. The van der Waals surface area contributed by atoms with E-state index in [1.54, 1.807) is 29.1 Å². The van der Waals surface area contributed by atoms with Crippen LogP contribution in [0.2, 0.25) is 5.02 Å². The van der Waals surface area contributed by atoms with Gasteiger partial charge >= 0.3 is 0 Å². The fourth-order valence-electron chi connectivity index (χ4n) is 3.70. The van der Waals surface area contributed by atoms with Gasteiger partial charge < -0.3 is 9.67 Å². The average molecular weight is 411 g/mol. The molecule has 3 aromatic carbocycles. The number of halogens is 1. The molecule has 0 aliphatic heterocycles. The summed E-state index contributed by atoms with van der Waals surface area (Å²) in [5, 5.41) is 25.5. The number of rotatable bonds is 3. The predicted octanol–water partition coefficient (Wildman–Crippen LogP) is 5.71. The van der Waals surface area contributed by atoms with E-state index in [-0.39, 0.29) is 10.8 Å². The molecule has 2 heterocycles. The molecule has 6 heteroatoms. The Labute approximate surface area is 177 Å². The number of benzene rings is 3. The molecular weight excluding hydrogens is 396 g/mol. The van der Waals surface area contributed by atoms with Crippen LogP contribution in [0.5, 0.6) is 5.75 Å². The zero-order chi connectivity index (χ0) is 20.7. The number of nitriles is 1. The summed E-state index contributed by atoms with van der Waals surface area (Å²) < 4.78 is 3.76. The maximum atomic E-state index is 10.0. The zero-order valence-corrected chi connectivity index (χ0v) is 16.5. The summed E-state index contributed by atoms with van der Waals surface area (Å²) in [6.45, 7) is 0. The quantitative estimate of drug-likeness (QED) is 0.414. The van der Waals surface area contributed by atoms with Gasteiger partial charge in [0, 0.05) is 22.8 Å². The molecule has 0 bridgehead atoms. The van der Waals surface area contributed by atoms with Gasteiger partial charge in [0.05, 0.1) is 33.7 Å². The van der Waals surface area contributed by atoms with Gasteiger partial charge in [-0.1, -0.05) is 48.0 Å². The number of phenols is 1. The summed E-state index contributed by atoms with van der Waals surface area (Å²) in [5.41, 5.74) is 4.63. The third-order valence-electron chi connectivity index (χ3n) is 5.05. The topological polar surface area (TPSA) is 66.8 Å². The van der Waals surface area contributed by atoms with Crippen LogP contribution in [0.15, 0.2) is 85.2 Å². The lowest BCUT2D eigenvalue weighted by molar-refractivity contribution is 0.475. The van der Waals surface area contributed by atoms with Gasteiger partial charge in [0.25, 0.3) is 0 Å². The molecule has 5 nitrogen and oxygen atoms in total. The second kappa shape index (κ2) is 7.11. The first kappa shape index (κ1) is 18.0. The van der Waals surface area contributed by atoms with Crippen LogP contribution < -0.4 is 0 Å². The summed E-state index contributed by atoms with van der Waals surface area (Å²) in [7, 11) is 0. The van der Waals surface area contributed by atoms with Crippen molar-refractivity contribution in [3.05, 3.63) is 95.8 Å². The fraction of sp³-hybridized carbons (Fsp3) is 0. The maximum Gasteiger partial charge on any atom is 0.134 e. The summed E-state index contributed by atoms with van der Waals surface area (Å²) in [6.07, 6.45) is 3.66. The van der Waals surface area contributed by atoms with Gasteiger partial charge in [0.1, 0.15) is 11.8 Å². The lowest BCUT2D eigenvalue weighted by atomic mass is 10.1. The highest BCUT2D eigenvalue weighted by Crippen LogP contribution is 2.37. The Hall–Kier alpha value is -4.01. The molecule has 0 spiro atoms. The molecule has 144 valence electrons. The second-order valence-corrected chi connectivity index (χ2v) is 7.24. The van der Waals surface area contributed by atoms with Crippen LogP contribution in [0.4, 0.5) is 0 Å². The zero-order valence-electron chi connectivity index (χ0n) is 15.7. The summed E-state index contributed by atoms with van der Waals surface area (Å²) >= 11 is 6.19. The Balaban J connectivity index is 1.81. The maximum absolute atomic E-state index is 10.0.